The van der Waals surface area contributed by atoms with Gasteiger partial charge in [-0.1, -0.05) is 6.07 Å². The summed E-state index contributed by atoms with van der Waals surface area (Å²) in [6.45, 7) is 1.68. The van der Waals surface area contributed by atoms with Gasteiger partial charge in [-0.25, -0.2) is 4.98 Å². The van der Waals surface area contributed by atoms with Crippen LogP contribution in [0.4, 0.5) is 0 Å². The van der Waals surface area contributed by atoms with Crippen molar-refractivity contribution >= 4 is 17.2 Å². The molecule has 1 N–H and O–H groups in total. The molecule has 6 heteroatoms. The molecule has 0 unspecified atom stereocenters. The van der Waals surface area contributed by atoms with Crippen LogP contribution in [0.25, 0.3) is 10.7 Å². The van der Waals surface area contributed by atoms with Gasteiger partial charge in [0.15, 0.2) is 0 Å². The fraction of sp³-hybridized carbons (Fsp3) is 0.400. The Labute approximate surface area is 129 Å². The molecule has 0 spiro atoms. The Morgan fingerprint density at radius 3 is 2.95 bits per heavy atom. The minimum Gasteiger partial charge on any atom is -0.356 e. The predicted molar refractivity (Wildman–Crippen MR) is 85.2 cm³/mol. The van der Waals surface area contributed by atoms with Crippen molar-refractivity contribution in [3.63, 3.8) is 0 Å². The summed E-state index contributed by atoms with van der Waals surface area (Å²) in [6, 6.07) is 5.73. The highest BCUT2D eigenvalue weighted by atomic mass is 32.1. The normalized spacial score (nSPS) is 10.8. The molecule has 0 fully saturated rings. The van der Waals surface area contributed by atoms with Crippen molar-refractivity contribution in [3.8, 4) is 10.7 Å². The average molecular weight is 304 g/mol. The number of pyridine rings is 1. The van der Waals surface area contributed by atoms with Crippen LogP contribution in [-0.2, 0) is 11.2 Å². The van der Waals surface area contributed by atoms with Crippen molar-refractivity contribution in [3.05, 3.63) is 35.5 Å². The maximum Gasteiger partial charge on any atom is 0.226 e. The van der Waals surface area contributed by atoms with E-state index in [-0.39, 0.29) is 5.91 Å². The summed E-state index contributed by atoms with van der Waals surface area (Å²) in [4.78, 5) is 22.7. The molecule has 0 saturated heterocycles. The summed E-state index contributed by atoms with van der Waals surface area (Å²) in [6.07, 6.45) is 3.02. The number of thiazole rings is 1. The number of carbonyl (C=O) groups is 1. The van der Waals surface area contributed by atoms with Gasteiger partial charge in [0.1, 0.15) is 5.01 Å². The van der Waals surface area contributed by atoms with Gasteiger partial charge in [0.05, 0.1) is 17.8 Å². The number of nitrogens with one attached hydrogen (secondary N) is 1. The summed E-state index contributed by atoms with van der Waals surface area (Å²) >= 11 is 1.52. The van der Waals surface area contributed by atoms with Crippen LogP contribution in [0.2, 0.25) is 0 Å². The standard InChI is InChI=1S/C15H20N4OS/c1-19(2)9-5-8-17-14(20)10-12-11-21-15(18-12)13-6-3-4-7-16-13/h3-4,6-7,11H,5,8-10H2,1-2H3,(H,17,20). The van der Waals surface area contributed by atoms with E-state index in [0.717, 1.165) is 29.4 Å². The van der Waals surface area contributed by atoms with Crippen LogP contribution >= 0.6 is 11.3 Å². The first-order chi connectivity index (χ1) is 10.1. The highest BCUT2D eigenvalue weighted by Crippen LogP contribution is 2.21. The van der Waals surface area contributed by atoms with Gasteiger partial charge in [-0.3, -0.25) is 9.78 Å². The molecule has 2 rings (SSSR count). The molecular formula is C15H20N4OS. The molecular weight excluding hydrogens is 284 g/mol. The van der Waals surface area contributed by atoms with Crippen LogP contribution in [0, 0.1) is 0 Å². The zero-order valence-corrected chi connectivity index (χ0v) is 13.2. The zero-order chi connectivity index (χ0) is 15.1. The third-order valence-electron chi connectivity index (χ3n) is 2.88. The monoisotopic (exact) mass is 304 g/mol. The molecule has 5 nitrogen and oxygen atoms in total. The Bertz CT molecular complexity index is 568. The molecule has 112 valence electrons. The number of hydrogen-bond acceptors (Lipinski definition) is 5. The van der Waals surface area contributed by atoms with Gasteiger partial charge < -0.3 is 10.2 Å². The van der Waals surface area contributed by atoms with E-state index >= 15 is 0 Å². The maximum atomic E-state index is 11.8. The largest absolute Gasteiger partial charge is 0.356 e. The van der Waals surface area contributed by atoms with Crippen molar-refractivity contribution in [2.45, 2.75) is 12.8 Å². The Morgan fingerprint density at radius 2 is 2.24 bits per heavy atom. The number of hydrogen-bond donors (Lipinski definition) is 1. The Hall–Kier alpha value is -1.79. The summed E-state index contributed by atoms with van der Waals surface area (Å²) in [5, 5.41) is 5.69. The minimum atomic E-state index is 0.0200. The number of rotatable bonds is 7. The van der Waals surface area contributed by atoms with E-state index in [1.54, 1.807) is 6.20 Å². The zero-order valence-electron chi connectivity index (χ0n) is 12.4. The Kier molecular flexibility index (Phi) is 5.83. The second-order valence-electron chi connectivity index (χ2n) is 5.04. The first-order valence-electron chi connectivity index (χ1n) is 6.92. The van der Waals surface area contributed by atoms with Crippen LogP contribution in [0.15, 0.2) is 29.8 Å². The molecule has 1 amide bonds. The molecule has 0 aliphatic rings. The van der Waals surface area contributed by atoms with Crippen LogP contribution < -0.4 is 5.32 Å². The fourth-order valence-corrected chi connectivity index (χ4v) is 2.64. The number of nitrogens with zero attached hydrogens (tertiary/aromatic N) is 3. The second kappa shape index (κ2) is 7.85. The van der Waals surface area contributed by atoms with Gasteiger partial charge in [0, 0.05) is 18.1 Å². The van der Waals surface area contributed by atoms with Gasteiger partial charge in [-0.05, 0) is 39.2 Å². The first-order valence-corrected chi connectivity index (χ1v) is 7.80. The topological polar surface area (TPSA) is 58.1 Å². The molecule has 0 bridgehead atoms. The lowest BCUT2D eigenvalue weighted by molar-refractivity contribution is -0.120. The molecule has 21 heavy (non-hydrogen) atoms. The number of amides is 1. The lowest BCUT2D eigenvalue weighted by atomic mass is 10.3. The summed E-state index contributed by atoms with van der Waals surface area (Å²) in [5.41, 5.74) is 1.64. The summed E-state index contributed by atoms with van der Waals surface area (Å²) < 4.78 is 0. The highest BCUT2D eigenvalue weighted by molar-refractivity contribution is 7.13. The summed E-state index contributed by atoms with van der Waals surface area (Å²) in [7, 11) is 4.05. The summed E-state index contributed by atoms with van der Waals surface area (Å²) in [5.74, 6) is 0.0200. The van der Waals surface area contributed by atoms with E-state index in [4.69, 9.17) is 0 Å². The van der Waals surface area contributed by atoms with Crippen molar-refractivity contribution in [1.29, 1.82) is 0 Å². The van der Waals surface area contributed by atoms with Crippen LogP contribution in [0.1, 0.15) is 12.1 Å². The van der Waals surface area contributed by atoms with Gasteiger partial charge in [0.2, 0.25) is 5.91 Å². The molecule has 0 aromatic carbocycles. The molecule has 2 aromatic heterocycles. The van der Waals surface area contributed by atoms with E-state index in [2.05, 4.69) is 20.2 Å². The van der Waals surface area contributed by atoms with Crippen LogP contribution in [0.5, 0.6) is 0 Å². The third kappa shape index (κ3) is 5.24. The molecule has 0 radical (unpaired) electrons. The lowest BCUT2D eigenvalue weighted by Crippen LogP contribution is -2.28. The molecule has 2 aromatic rings. The molecule has 2 heterocycles. The third-order valence-corrected chi connectivity index (χ3v) is 3.80. The SMILES string of the molecule is CN(C)CCCNC(=O)Cc1csc(-c2ccccn2)n1. The van der Waals surface area contributed by atoms with Gasteiger partial charge in [0.25, 0.3) is 0 Å². The van der Waals surface area contributed by atoms with Gasteiger partial charge >= 0.3 is 0 Å². The predicted octanol–water partition coefficient (Wildman–Crippen LogP) is 1.82. The van der Waals surface area contributed by atoms with Crippen LogP contribution in [-0.4, -0.2) is 48.0 Å². The molecule has 0 atom stereocenters. The van der Waals surface area contributed by atoms with E-state index < -0.39 is 0 Å². The molecule has 0 aliphatic heterocycles. The second-order valence-corrected chi connectivity index (χ2v) is 5.90. The first kappa shape index (κ1) is 15.6. The number of aromatic nitrogens is 2. The minimum absolute atomic E-state index is 0.0200. The lowest BCUT2D eigenvalue weighted by Gasteiger charge is -2.09. The molecule has 0 saturated carbocycles. The Balaban J connectivity index is 1.81. The highest BCUT2D eigenvalue weighted by Gasteiger charge is 2.09. The van der Waals surface area contributed by atoms with Crippen molar-refractivity contribution in [2.75, 3.05) is 27.2 Å². The van der Waals surface area contributed by atoms with Crippen molar-refractivity contribution in [1.82, 2.24) is 20.2 Å². The van der Waals surface area contributed by atoms with Gasteiger partial charge in [-0.15, -0.1) is 11.3 Å². The average Bonchev–Trinajstić information content (AvgIpc) is 2.93. The fourth-order valence-electron chi connectivity index (χ4n) is 1.85. The smallest absolute Gasteiger partial charge is 0.226 e. The van der Waals surface area contributed by atoms with E-state index in [1.807, 2.05) is 37.7 Å². The Morgan fingerprint density at radius 1 is 1.38 bits per heavy atom. The van der Waals surface area contributed by atoms with Crippen molar-refractivity contribution in [2.24, 2.45) is 0 Å². The van der Waals surface area contributed by atoms with E-state index in [9.17, 15) is 4.79 Å². The van der Waals surface area contributed by atoms with E-state index in [1.165, 1.54) is 11.3 Å². The quantitative estimate of drug-likeness (QED) is 0.793. The van der Waals surface area contributed by atoms with Crippen molar-refractivity contribution < 1.29 is 4.79 Å². The van der Waals surface area contributed by atoms with Crippen LogP contribution in [0.3, 0.4) is 0 Å². The molecule has 0 aliphatic carbocycles. The van der Waals surface area contributed by atoms with Gasteiger partial charge in [-0.2, -0.15) is 0 Å². The maximum absolute atomic E-state index is 11.8. The number of carbonyl (C=O) groups excluding carboxylic acids is 1. The van der Waals surface area contributed by atoms with E-state index in [0.29, 0.717) is 13.0 Å².